The molecule has 0 spiro atoms. The molecule has 0 saturated carbocycles. The van der Waals surface area contributed by atoms with Gasteiger partial charge in [-0.2, -0.15) is 0 Å². The highest BCUT2D eigenvalue weighted by atomic mass is 31.1. The van der Waals surface area contributed by atoms with E-state index in [0.29, 0.717) is 15.2 Å². The summed E-state index contributed by atoms with van der Waals surface area (Å²) in [7, 11) is 4.13. The lowest BCUT2D eigenvalue weighted by molar-refractivity contribution is 0.298. The van der Waals surface area contributed by atoms with Gasteiger partial charge in [0.05, 0.1) is 7.11 Å². The third-order valence-corrected chi connectivity index (χ3v) is 7.45. The number of hydrogen-bond acceptors (Lipinski definition) is 3. The molecular weight excluding hydrogens is 413 g/mol. The minimum Gasteiger partial charge on any atom is -0.497 e. The second kappa shape index (κ2) is 11.3. The Morgan fingerprint density at radius 2 is 1.81 bits per heavy atom. The first-order valence-corrected chi connectivity index (χ1v) is 12.2. The van der Waals surface area contributed by atoms with E-state index >= 15 is 0 Å². The van der Waals surface area contributed by atoms with Gasteiger partial charge < -0.3 is 9.47 Å². The second-order valence-electron chi connectivity index (χ2n) is 8.32. The fourth-order valence-corrected chi connectivity index (χ4v) is 5.78. The van der Waals surface area contributed by atoms with Crippen molar-refractivity contribution in [1.82, 2.24) is 0 Å². The monoisotopic (exact) mass is 447 g/mol. The maximum atomic E-state index is 6.37. The van der Waals surface area contributed by atoms with Crippen molar-refractivity contribution >= 4 is 20.1 Å². The van der Waals surface area contributed by atoms with Crippen LogP contribution in [0.3, 0.4) is 0 Å². The van der Waals surface area contributed by atoms with Crippen LogP contribution in [-0.4, -0.2) is 20.4 Å². The molecule has 0 aliphatic rings. The third-order valence-electron chi connectivity index (χ3n) is 5.65. The van der Waals surface area contributed by atoms with E-state index < -0.39 is 0 Å². The fourth-order valence-electron chi connectivity index (χ4n) is 4.03. The topological polar surface area (TPSA) is 30.8 Å². The molecule has 32 heavy (non-hydrogen) atoms. The van der Waals surface area contributed by atoms with Crippen molar-refractivity contribution in [2.45, 2.75) is 45.4 Å². The molecule has 0 fully saturated rings. The highest BCUT2D eigenvalue weighted by molar-refractivity contribution is 7.48. The maximum absolute atomic E-state index is 6.37. The van der Waals surface area contributed by atoms with Crippen LogP contribution in [0.5, 0.6) is 11.5 Å². The molecule has 0 bridgehead atoms. The van der Waals surface area contributed by atoms with Gasteiger partial charge in [0.15, 0.2) is 0 Å². The molecule has 3 nitrogen and oxygen atoms in total. The number of benzene rings is 3. The molecule has 0 aromatic heterocycles. The first-order valence-electron chi connectivity index (χ1n) is 11.2. The number of ether oxygens (including phenoxy) is 2. The van der Waals surface area contributed by atoms with Crippen molar-refractivity contribution in [2.75, 3.05) is 14.2 Å². The van der Waals surface area contributed by atoms with Gasteiger partial charge in [0.25, 0.3) is 0 Å². The van der Waals surface area contributed by atoms with Gasteiger partial charge in [-0.1, -0.05) is 76.9 Å². The zero-order valence-electron chi connectivity index (χ0n) is 19.8. The van der Waals surface area contributed by atoms with Gasteiger partial charge >= 0.3 is 0 Å². The Morgan fingerprint density at radius 3 is 2.50 bits per heavy atom. The average Bonchev–Trinajstić information content (AvgIpc) is 2.80. The molecule has 0 N–H and O–H groups in total. The summed E-state index contributed by atoms with van der Waals surface area (Å²) in [4.78, 5) is 4.30. The Bertz CT molecular complexity index is 1050. The Labute approximate surface area is 194 Å². The Morgan fingerprint density at radius 1 is 1.03 bits per heavy atom. The Hall–Kier alpha value is -2.64. The van der Waals surface area contributed by atoms with E-state index in [4.69, 9.17) is 9.47 Å². The lowest BCUT2D eigenvalue weighted by Crippen LogP contribution is -2.22. The van der Waals surface area contributed by atoms with Gasteiger partial charge in [-0.05, 0) is 54.0 Å². The molecule has 0 saturated heterocycles. The van der Waals surface area contributed by atoms with Crippen LogP contribution in [0.25, 0.3) is 0 Å². The molecule has 0 heterocycles. The standard InChI is InChI=1S/C28H34NO2P/c1-6-16-28(3,32-27-15-12-21(2)17-23(27)19-29-4)25-18-24(30-5)13-14-26(25)31-20-22-10-8-7-9-11-22/h7-15,17-19,32H,6,16,20H2,1-5H3. The zero-order chi connectivity index (χ0) is 23.0. The highest BCUT2D eigenvalue weighted by Gasteiger charge is 2.31. The smallest absolute Gasteiger partial charge is 0.124 e. The molecule has 3 aromatic carbocycles. The van der Waals surface area contributed by atoms with Gasteiger partial charge in [0.2, 0.25) is 0 Å². The number of aryl methyl sites for hydroxylation is 1. The van der Waals surface area contributed by atoms with Gasteiger partial charge in [0.1, 0.15) is 18.1 Å². The van der Waals surface area contributed by atoms with E-state index in [1.54, 1.807) is 7.11 Å². The number of nitrogens with zero attached hydrogens (tertiary/aromatic N) is 1. The quantitative estimate of drug-likeness (QED) is 0.257. The summed E-state index contributed by atoms with van der Waals surface area (Å²) >= 11 is 0. The molecule has 0 aliphatic carbocycles. The zero-order valence-corrected chi connectivity index (χ0v) is 20.8. The van der Waals surface area contributed by atoms with Gasteiger partial charge in [-0.15, -0.1) is 0 Å². The van der Waals surface area contributed by atoms with E-state index in [9.17, 15) is 0 Å². The first-order chi connectivity index (χ1) is 15.5. The lowest BCUT2D eigenvalue weighted by Gasteiger charge is -2.33. The normalized spacial score (nSPS) is 13.5. The van der Waals surface area contributed by atoms with Crippen molar-refractivity contribution in [1.29, 1.82) is 0 Å². The fraction of sp³-hybridized carbons (Fsp3) is 0.321. The highest BCUT2D eigenvalue weighted by Crippen LogP contribution is 2.49. The molecule has 0 amide bonds. The number of rotatable bonds is 10. The molecule has 2 atom stereocenters. The first kappa shape index (κ1) is 24.0. The van der Waals surface area contributed by atoms with E-state index in [2.05, 4.69) is 68.2 Å². The summed E-state index contributed by atoms with van der Waals surface area (Å²) in [6.45, 7) is 7.27. The summed E-state index contributed by atoms with van der Waals surface area (Å²) < 4.78 is 12.0. The van der Waals surface area contributed by atoms with Crippen molar-refractivity contribution in [3.8, 4) is 11.5 Å². The Kier molecular flexibility index (Phi) is 8.47. The minimum absolute atomic E-state index is 0.0824. The Balaban J connectivity index is 2.02. The van der Waals surface area contributed by atoms with E-state index in [1.165, 1.54) is 22.0 Å². The van der Waals surface area contributed by atoms with Crippen LogP contribution in [0.15, 0.2) is 71.7 Å². The van der Waals surface area contributed by atoms with Gasteiger partial charge in [-0.3, -0.25) is 4.99 Å². The van der Waals surface area contributed by atoms with Crippen molar-refractivity contribution in [2.24, 2.45) is 4.99 Å². The summed E-state index contributed by atoms with van der Waals surface area (Å²) in [6, 6.07) is 23.2. The van der Waals surface area contributed by atoms with Crippen LogP contribution >= 0.6 is 8.58 Å². The van der Waals surface area contributed by atoms with Crippen molar-refractivity contribution < 1.29 is 9.47 Å². The lowest BCUT2D eigenvalue weighted by atomic mass is 9.94. The van der Waals surface area contributed by atoms with Gasteiger partial charge in [-0.25, -0.2) is 0 Å². The summed E-state index contributed by atoms with van der Waals surface area (Å²) in [6.07, 6.45) is 4.11. The van der Waals surface area contributed by atoms with Crippen LogP contribution in [0.1, 0.15) is 48.9 Å². The molecule has 3 rings (SSSR count). The molecule has 2 unspecified atom stereocenters. The number of aliphatic imine (C=N–C) groups is 1. The minimum atomic E-state index is -0.0824. The van der Waals surface area contributed by atoms with Crippen LogP contribution in [0, 0.1) is 6.92 Å². The third kappa shape index (κ3) is 5.99. The van der Waals surface area contributed by atoms with Crippen molar-refractivity contribution in [3.63, 3.8) is 0 Å². The number of hydrogen-bond donors (Lipinski definition) is 0. The molecule has 168 valence electrons. The van der Waals surface area contributed by atoms with E-state index in [-0.39, 0.29) is 5.16 Å². The summed E-state index contributed by atoms with van der Waals surface area (Å²) in [5.41, 5.74) is 4.81. The second-order valence-corrected chi connectivity index (χ2v) is 10.2. The predicted molar refractivity (Wildman–Crippen MR) is 139 cm³/mol. The maximum Gasteiger partial charge on any atom is 0.124 e. The van der Waals surface area contributed by atoms with Gasteiger partial charge in [0, 0.05) is 24.0 Å². The molecular formula is C28H34NO2P. The molecule has 0 radical (unpaired) electrons. The molecule has 4 heteroatoms. The van der Waals surface area contributed by atoms with Crippen LogP contribution in [0.4, 0.5) is 0 Å². The summed E-state index contributed by atoms with van der Waals surface area (Å²) in [5, 5.41) is 1.25. The SMILES string of the molecule is CCCC(C)(Pc1ccc(C)cc1C=NC)c1cc(OC)ccc1OCc1ccccc1. The van der Waals surface area contributed by atoms with Crippen LogP contribution < -0.4 is 14.8 Å². The largest absolute Gasteiger partial charge is 0.497 e. The van der Waals surface area contributed by atoms with Crippen LogP contribution in [0.2, 0.25) is 0 Å². The van der Waals surface area contributed by atoms with E-state index in [0.717, 1.165) is 29.9 Å². The van der Waals surface area contributed by atoms with Crippen LogP contribution in [-0.2, 0) is 11.8 Å². The van der Waals surface area contributed by atoms with Crippen molar-refractivity contribution in [3.05, 3.63) is 89.0 Å². The predicted octanol–water partition coefficient (Wildman–Crippen LogP) is 6.65. The van der Waals surface area contributed by atoms with E-state index in [1.807, 2.05) is 37.5 Å². The molecule has 0 aliphatic heterocycles. The average molecular weight is 448 g/mol. The summed E-state index contributed by atoms with van der Waals surface area (Å²) in [5.74, 6) is 1.79. The molecule has 3 aromatic rings. The number of methoxy groups -OCH3 is 1.